The summed E-state index contributed by atoms with van der Waals surface area (Å²) < 4.78 is 0. The number of aromatic nitrogens is 2. The molecule has 0 bridgehead atoms. The van der Waals surface area contributed by atoms with Gasteiger partial charge in [0.15, 0.2) is 0 Å². The first-order chi connectivity index (χ1) is 13.2. The van der Waals surface area contributed by atoms with E-state index in [1.165, 1.54) is 5.56 Å². The molecule has 1 aromatic heterocycles. The molecule has 0 aliphatic rings. The Morgan fingerprint density at radius 2 is 1.67 bits per heavy atom. The summed E-state index contributed by atoms with van der Waals surface area (Å²) >= 11 is 0. The van der Waals surface area contributed by atoms with Crippen molar-refractivity contribution in [2.24, 2.45) is 0 Å². The Morgan fingerprint density at radius 1 is 1.00 bits per heavy atom. The number of carbonyl (C=O) groups excluding carboxylic acids is 1. The Morgan fingerprint density at radius 3 is 2.37 bits per heavy atom. The molecule has 0 atom stereocenters. The van der Waals surface area contributed by atoms with Crippen molar-refractivity contribution < 1.29 is 4.79 Å². The normalized spacial score (nSPS) is 10.9. The quantitative estimate of drug-likeness (QED) is 0.640. The van der Waals surface area contributed by atoms with E-state index in [1.54, 1.807) is 6.20 Å². The zero-order valence-electron chi connectivity index (χ0n) is 15.9. The average molecular weight is 362 g/mol. The maximum absolute atomic E-state index is 12.7. The van der Waals surface area contributed by atoms with Gasteiger partial charge < -0.3 is 5.32 Å². The van der Waals surface area contributed by atoms with Gasteiger partial charge in [0.2, 0.25) is 0 Å². The Kier molecular flexibility index (Phi) is 6.39. The molecule has 1 amide bonds. The summed E-state index contributed by atoms with van der Waals surface area (Å²) in [7, 11) is 0. The molecular weight excluding hydrogens is 336 g/mol. The standard InChI is InChI=1S/C22H26N4O/c1-3-26(4-2)16-19-13-9-8-12-18(19)14-23-22(27)20-15-24-25-21(20)17-10-6-5-7-11-17/h5-13,15H,3-4,14,16H2,1-2H3,(H,23,27)(H,24,25). The van der Waals surface area contributed by atoms with Crippen LogP contribution in [0.25, 0.3) is 11.3 Å². The van der Waals surface area contributed by atoms with Gasteiger partial charge in [-0.1, -0.05) is 68.4 Å². The SMILES string of the molecule is CCN(CC)Cc1ccccc1CNC(=O)c1cn[nH]c1-c1ccccc1. The number of benzene rings is 2. The zero-order valence-corrected chi connectivity index (χ0v) is 15.9. The van der Waals surface area contributed by atoms with Crippen molar-refractivity contribution in [2.45, 2.75) is 26.9 Å². The molecule has 0 radical (unpaired) electrons. The molecule has 1 heterocycles. The van der Waals surface area contributed by atoms with Gasteiger partial charge in [-0.15, -0.1) is 0 Å². The fourth-order valence-corrected chi connectivity index (χ4v) is 3.13. The minimum Gasteiger partial charge on any atom is -0.348 e. The van der Waals surface area contributed by atoms with Gasteiger partial charge in [-0.25, -0.2) is 0 Å². The van der Waals surface area contributed by atoms with Crippen molar-refractivity contribution in [1.29, 1.82) is 0 Å². The molecular formula is C22H26N4O. The van der Waals surface area contributed by atoms with Crippen LogP contribution in [0.5, 0.6) is 0 Å². The molecule has 0 aliphatic heterocycles. The maximum atomic E-state index is 12.7. The molecule has 2 N–H and O–H groups in total. The predicted molar refractivity (Wildman–Crippen MR) is 108 cm³/mol. The van der Waals surface area contributed by atoms with Crippen molar-refractivity contribution in [3.05, 3.63) is 77.5 Å². The predicted octanol–water partition coefficient (Wildman–Crippen LogP) is 3.85. The highest BCUT2D eigenvalue weighted by Crippen LogP contribution is 2.20. The molecule has 140 valence electrons. The topological polar surface area (TPSA) is 61.0 Å². The molecule has 27 heavy (non-hydrogen) atoms. The van der Waals surface area contributed by atoms with Crippen LogP contribution in [0.3, 0.4) is 0 Å². The number of carbonyl (C=O) groups is 1. The van der Waals surface area contributed by atoms with Gasteiger partial charge in [0.05, 0.1) is 17.5 Å². The van der Waals surface area contributed by atoms with E-state index in [0.29, 0.717) is 12.1 Å². The summed E-state index contributed by atoms with van der Waals surface area (Å²) in [6, 6.07) is 18.0. The lowest BCUT2D eigenvalue weighted by Gasteiger charge is -2.20. The van der Waals surface area contributed by atoms with E-state index in [0.717, 1.165) is 36.5 Å². The van der Waals surface area contributed by atoms with Crippen LogP contribution in [0, 0.1) is 0 Å². The van der Waals surface area contributed by atoms with E-state index >= 15 is 0 Å². The van der Waals surface area contributed by atoms with Crippen molar-refractivity contribution in [3.63, 3.8) is 0 Å². The second-order valence-electron chi connectivity index (χ2n) is 6.44. The minimum absolute atomic E-state index is 0.125. The third-order valence-corrected chi connectivity index (χ3v) is 4.79. The van der Waals surface area contributed by atoms with Crippen LogP contribution >= 0.6 is 0 Å². The van der Waals surface area contributed by atoms with E-state index in [4.69, 9.17) is 0 Å². The van der Waals surface area contributed by atoms with Crippen molar-refractivity contribution >= 4 is 5.91 Å². The molecule has 0 spiro atoms. The number of H-pyrrole nitrogens is 1. The second-order valence-corrected chi connectivity index (χ2v) is 6.44. The largest absolute Gasteiger partial charge is 0.348 e. The summed E-state index contributed by atoms with van der Waals surface area (Å²) in [5.41, 5.74) is 4.63. The van der Waals surface area contributed by atoms with E-state index < -0.39 is 0 Å². The number of rotatable bonds is 8. The van der Waals surface area contributed by atoms with E-state index in [1.807, 2.05) is 42.5 Å². The number of nitrogens with zero attached hydrogens (tertiary/aromatic N) is 2. The first-order valence-corrected chi connectivity index (χ1v) is 9.39. The van der Waals surface area contributed by atoms with Crippen molar-refractivity contribution in [3.8, 4) is 11.3 Å². The van der Waals surface area contributed by atoms with Crippen LogP contribution < -0.4 is 5.32 Å². The molecule has 0 fully saturated rings. The second kappa shape index (κ2) is 9.14. The molecule has 2 aromatic carbocycles. The maximum Gasteiger partial charge on any atom is 0.255 e. The molecule has 3 aromatic rings. The van der Waals surface area contributed by atoms with Gasteiger partial charge in [0.1, 0.15) is 0 Å². The lowest BCUT2D eigenvalue weighted by Crippen LogP contribution is -2.26. The van der Waals surface area contributed by atoms with Gasteiger partial charge in [0, 0.05) is 18.7 Å². The summed E-state index contributed by atoms with van der Waals surface area (Å²) in [5, 5.41) is 10.0. The molecule has 0 aliphatic carbocycles. The fraction of sp³-hybridized carbons (Fsp3) is 0.273. The van der Waals surface area contributed by atoms with Crippen LogP contribution in [0.4, 0.5) is 0 Å². The van der Waals surface area contributed by atoms with Crippen LogP contribution in [0.2, 0.25) is 0 Å². The lowest BCUT2D eigenvalue weighted by atomic mass is 10.1. The van der Waals surface area contributed by atoms with E-state index in [2.05, 4.69) is 46.4 Å². The lowest BCUT2D eigenvalue weighted by molar-refractivity contribution is 0.0951. The Labute approximate surface area is 160 Å². The molecule has 3 rings (SSSR count). The number of hydrogen-bond acceptors (Lipinski definition) is 3. The molecule has 5 nitrogen and oxygen atoms in total. The summed E-state index contributed by atoms with van der Waals surface area (Å²) in [4.78, 5) is 15.1. The smallest absolute Gasteiger partial charge is 0.255 e. The van der Waals surface area contributed by atoms with Gasteiger partial charge >= 0.3 is 0 Å². The summed E-state index contributed by atoms with van der Waals surface area (Å²) in [5.74, 6) is -0.125. The number of nitrogens with one attached hydrogen (secondary N) is 2. The Hall–Kier alpha value is -2.92. The molecule has 0 saturated carbocycles. The summed E-state index contributed by atoms with van der Waals surface area (Å²) in [6.45, 7) is 7.73. The highest BCUT2D eigenvalue weighted by atomic mass is 16.1. The minimum atomic E-state index is -0.125. The molecule has 5 heteroatoms. The number of aromatic amines is 1. The number of amides is 1. The van der Waals surface area contributed by atoms with Crippen LogP contribution in [0.15, 0.2) is 60.8 Å². The summed E-state index contributed by atoms with van der Waals surface area (Å²) in [6.07, 6.45) is 1.58. The highest BCUT2D eigenvalue weighted by molar-refractivity contribution is 5.99. The molecule has 0 saturated heterocycles. The molecule has 0 unspecified atom stereocenters. The van der Waals surface area contributed by atoms with Crippen molar-refractivity contribution in [1.82, 2.24) is 20.4 Å². The Balaban J connectivity index is 1.72. The fourth-order valence-electron chi connectivity index (χ4n) is 3.13. The first-order valence-electron chi connectivity index (χ1n) is 9.39. The van der Waals surface area contributed by atoms with Gasteiger partial charge in [-0.2, -0.15) is 5.10 Å². The van der Waals surface area contributed by atoms with Crippen LogP contribution in [0.1, 0.15) is 35.3 Å². The highest BCUT2D eigenvalue weighted by Gasteiger charge is 2.15. The van der Waals surface area contributed by atoms with Gasteiger partial charge in [-0.3, -0.25) is 14.8 Å². The average Bonchev–Trinajstić information content (AvgIpc) is 3.21. The van der Waals surface area contributed by atoms with Crippen LogP contribution in [-0.4, -0.2) is 34.1 Å². The first kappa shape index (κ1) is 18.9. The van der Waals surface area contributed by atoms with Crippen molar-refractivity contribution in [2.75, 3.05) is 13.1 Å². The number of hydrogen-bond donors (Lipinski definition) is 2. The Bertz CT molecular complexity index is 869. The monoisotopic (exact) mass is 362 g/mol. The van der Waals surface area contributed by atoms with E-state index in [9.17, 15) is 4.79 Å². The van der Waals surface area contributed by atoms with Gasteiger partial charge in [0.25, 0.3) is 5.91 Å². The zero-order chi connectivity index (χ0) is 19.1. The van der Waals surface area contributed by atoms with Gasteiger partial charge in [-0.05, 0) is 24.2 Å². The third kappa shape index (κ3) is 4.63. The van der Waals surface area contributed by atoms with E-state index in [-0.39, 0.29) is 5.91 Å². The third-order valence-electron chi connectivity index (χ3n) is 4.79. The van der Waals surface area contributed by atoms with Crippen LogP contribution in [-0.2, 0) is 13.1 Å².